The number of methoxy groups -OCH3 is 2. The van der Waals surface area contributed by atoms with E-state index >= 15 is 0 Å². The third kappa shape index (κ3) is 9.62. The lowest BCUT2D eigenvalue weighted by Crippen LogP contribution is -2.59. The SMILES string of the molecule is COCCCCN1CCN(CCOC)CC1C(CCN1CCN(C)CC1)CN1CCN(C)CC1. The summed E-state index contributed by atoms with van der Waals surface area (Å²) in [4.78, 5) is 15.9. The molecule has 34 heavy (non-hydrogen) atoms. The van der Waals surface area contributed by atoms with Crippen molar-refractivity contribution in [2.75, 3.05) is 140 Å². The number of rotatable bonds is 14. The molecule has 3 heterocycles. The zero-order valence-electron chi connectivity index (χ0n) is 22.8. The maximum atomic E-state index is 5.43. The summed E-state index contributed by atoms with van der Waals surface area (Å²) in [6, 6.07) is 0.639. The van der Waals surface area contributed by atoms with E-state index in [9.17, 15) is 0 Å². The molecule has 0 aromatic carbocycles. The van der Waals surface area contributed by atoms with Crippen molar-refractivity contribution in [3.05, 3.63) is 0 Å². The van der Waals surface area contributed by atoms with Crippen molar-refractivity contribution in [2.45, 2.75) is 25.3 Å². The van der Waals surface area contributed by atoms with Crippen molar-refractivity contribution >= 4 is 0 Å². The smallest absolute Gasteiger partial charge is 0.0589 e. The van der Waals surface area contributed by atoms with Crippen LogP contribution in [0.5, 0.6) is 0 Å². The highest BCUT2D eigenvalue weighted by atomic mass is 16.5. The molecule has 0 amide bonds. The lowest BCUT2D eigenvalue weighted by Gasteiger charge is -2.47. The molecule has 3 fully saturated rings. The van der Waals surface area contributed by atoms with E-state index in [4.69, 9.17) is 9.47 Å². The van der Waals surface area contributed by atoms with Gasteiger partial charge in [0.15, 0.2) is 0 Å². The predicted octanol–water partition coefficient (Wildman–Crippen LogP) is 0.547. The minimum atomic E-state index is 0.639. The molecule has 2 atom stereocenters. The maximum Gasteiger partial charge on any atom is 0.0589 e. The van der Waals surface area contributed by atoms with Crippen molar-refractivity contribution in [3.8, 4) is 0 Å². The molecule has 8 heteroatoms. The summed E-state index contributed by atoms with van der Waals surface area (Å²) < 4.78 is 10.8. The molecular formula is C26H54N6O2. The number of likely N-dealkylation sites (N-methyl/N-ethyl adjacent to an activating group) is 2. The first-order valence-electron chi connectivity index (χ1n) is 13.8. The van der Waals surface area contributed by atoms with E-state index in [0.717, 1.165) is 32.1 Å². The van der Waals surface area contributed by atoms with Gasteiger partial charge in [0, 0.05) is 112 Å². The Kier molecular flexibility index (Phi) is 13.1. The lowest BCUT2D eigenvalue weighted by atomic mass is 9.90. The molecule has 0 saturated carbocycles. The van der Waals surface area contributed by atoms with Gasteiger partial charge in [0.05, 0.1) is 6.61 Å². The van der Waals surface area contributed by atoms with Gasteiger partial charge in [-0.3, -0.25) is 9.80 Å². The third-order valence-electron chi connectivity index (χ3n) is 8.32. The first-order chi connectivity index (χ1) is 16.6. The first kappa shape index (κ1) is 28.3. The van der Waals surface area contributed by atoms with Gasteiger partial charge in [0.2, 0.25) is 0 Å². The second kappa shape index (κ2) is 15.7. The molecule has 200 valence electrons. The van der Waals surface area contributed by atoms with Gasteiger partial charge in [-0.25, -0.2) is 0 Å². The molecule has 0 bridgehead atoms. The van der Waals surface area contributed by atoms with E-state index in [0.29, 0.717) is 6.04 Å². The number of piperazine rings is 3. The Morgan fingerprint density at radius 3 is 1.91 bits per heavy atom. The van der Waals surface area contributed by atoms with Crippen LogP contribution in [0, 0.1) is 5.92 Å². The van der Waals surface area contributed by atoms with Gasteiger partial charge in [-0.2, -0.15) is 0 Å². The fraction of sp³-hybridized carbons (Fsp3) is 1.00. The number of unbranched alkanes of at least 4 members (excludes halogenated alkanes) is 1. The van der Waals surface area contributed by atoms with E-state index in [1.807, 2.05) is 14.2 Å². The van der Waals surface area contributed by atoms with E-state index < -0.39 is 0 Å². The Bertz CT molecular complexity index is 525. The third-order valence-corrected chi connectivity index (χ3v) is 8.32. The van der Waals surface area contributed by atoms with Crippen molar-refractivity contribution in [3.63, 3.8) is 0 Å². The molecule has 0 aliphatic carbocycles. The van der Waals surface area contributed by atoms with Crippen LogP contribution in [0.3, 0.4) is 0 Å². The standard InChI is InChI=1S/C26H54N6O2/c1-27-10-14-29(15-11-27)9-7-25(23-30-16-12-28(2)13-17-30)26-24-31(20-22-34-4)18-19-32(26)8-5-6-21-33-3/h25-26H,5-24H2,1-4H3. The van der Waals surface area contributed by atoms with Gasteiger partial charge in [-0.15, -0.1) is 0 Å². The molecular weight excluding hydrogens is 428 g/mol. The molecule has 0 aromatic rings. The van der Waals surface area contributed by atoms with Gasteiger partial charge >= 0.3 is 0 Å². The van der Waals surface area contributed by atoms with Crippen LogP contribution in [-0.4, -0.2) is 175 Å². The molecule has 2 unspecified atom stereocenters. The second-order valence-electron chi connectivity index (χ2n) is 10.9. The van der Waals surface area contributed by atoms with Crippen LogP contribution in [-0.2, 0) is 9.47 Å². The largest absolute Gasteiger partial charge is 0.385 e. The molecule has 0 spiro atoms. The molecule has 3 aliphatic heterocycles. The van der Waals surface area contributed by atoms with Crippen LogP contribution in [0.1, 0.15) is 19.3 Å². The molecule has 8 nitrogen and oxygen atoms in total. The second-order valence-corrected chi connectivity index (χ2v) is 10.9. The number of nitrogens with zero attached hydrogens (tertiary/aromatic N) is 6. The molecule has 0 N–H and O–H groups in total. The summed E-state index contributed by atoms with van der Waals surface area (Å²) in [7, 11) is 8.17. The Labute approximate surface area is 210 Å². The predicted molar refractivity (Wildman–Crippen MR) is 141 cm³/mol. The van der Waals surface area contributed by atoms with E-state index in [1.165, 1.54) is 104 Å². The fourth-order valence-corrected chi connectivity index (χ4v) is 5.80. The van der Waals surface area contributed by atoms with Gasteiger partial charge < -0.3 is 29.1 Å². The fourth-order valence-electron chi connectivity index (χ4n) is 5.80. The highest BCUT2D eigenvalue weighted by Crippen LogP contribution is 2.24. The average molecular weight is 483 g/mol. The summed E-state index contributed by atoms with van der Waals surface area (Å²) in [6.07, 6.45) is 3.72. The van der Waals surface area contributed by atoms with Crippen LogP contribution in [0.25, 0.3) is 0 Å². The molecule has 0 radical (unpaired) electrons. The number of hydrogen-bond acceptors (Lipinski definition) is 8. The zero-order valence-corrected chi connectivity index (χ0v) is 22.8. The summed E-state index contributed by atoms with van der Waals surface area (Å²) in [5, 5.41) is 0. The topological polar surface area (TPSA) is 37.9 Å². The normalized spacial score (nSPS) is 26.3. The van der Waals surface area contributed by atoms with Gasteiger partial charge in [0.25, 0.3) is 0 Å². The van der Waals surface area contributed by atoms with Crippen molar-refractivity contribution < 1.29 is 9.47 Å². The van der Waals surface area contributed by atoms with Crippen LogP contribution >= 0.6 is 0 Å². The van der Waals surface area contributed by atoms with Crippen LogP contribution in [0.2, 0.25) is 0 Å². The van der Waals surface area contributed by atoms with E-state index in [1.54, 1.807) is 0 Å². The average Bonchev–Trinajstić information content (AvgIpc) is 2.85. The maximum absolute atomic E-state index is 5.43. The molecule has 3 saturated heterocycles. The Morgan fingerprint density at radius 2 is 1.26 bits per heavy atom. The summed E-state index contributed by atoms with van der Waals surface area (Å²) >= 11 is 0. The van der Waals surface area contributed by atoms with Gasteiger partial charge in [-0.05, 0) is 52.4 Å². The van der Waals surface area contributed by atoms with Gasteiger partial charge in [-0.1, -0.05) is 0 Å². The highest BCUT2D eigenvalue weighted by Gasteiger charge is 2.34. The highest BCUT2D eigenvalue weighted by molar-refractivity contribution is 4.90. The monoisotopic (exact) mass is 482 g/mol. The van der Waals surface area contributed by atoms with Crippen molar-refractivity contribution in [1.82, 2.24) is 29.4 Å². The number of hydrogen-bond donors (Lipinski definition) is 0. The first-order valence-corrected chi connectivity index (χ1v) is 13.8. The Hall–Kier alpha value is -0.320. The zero-order chi connectivity index (χ0) is 24.2. The Morgan fingerprint density at radius 1 is 0.647 bits per heavy atom. The van der Waals surface area contributed by atoms with E-state index in [2.05, 4.69) is 43.5 Å². The summed E-state index contributed by atoms with van der Waals surface area (Å²) in [6.45, 7) is 19.8. The summed E-state index contributed by atoms with van der Waals surface area (Å²) in [5.74, 6) is 0.718. The minimum absolute atomic E-state index is 0.639. The minimum Gasteiger partial charge on any atom is -0.385 e. The van der Waals surface area contributed by atoms with Crippen molar-refractivity contribution in [1.29, 1.82) is 0 Å². The number of ether oxygens (including phenoxy) is 2. The molecule has 3 aliphatic rings. The lowest BCUT2D eigenvalue weighted by molar-refractivity contribution is 0.00799. The quantitative estimate of drug-likeness (QED) is 0.332. The molecule has 0 aromatic heterocycles. The van der Waals surface area contributed by atoms with Crippen molar-refractivity contribution in [2.24, 2.45) is 5.92 Å². The van der Waals surface area contributed by atoms with Crippen LogP contribution in [0.15, 0.2) is 0 Å². The Balaban J connectivity index is 1.65. The summed E-state index contributed by atoms with van der Waals surface area (Å²) in [5.41, 5.74) is 0. The molecule has 3 rings (SSSR count). The van der Waals surface area contributed by atoms with E-state index in [-0.39, 0.29) is 0 Å². The van der Waals surface area contributed by atoms with Crippen LogP contribution in [0.4, 0.5) is 0 Å². The van der Waals surface area contributed by atoms with Gasteiger partial charge in [0.1, 0.15) is 0 Å². The van der Waals surface area contributed by atoms with Crippen LogP contribution < -0.4 is 0 Å².